The molecule has 2 N–H and O–H groups in total. The van der Waals surface area contributed by atoms with Crippen molar-refractivity contribution in [2.75, 3.05) is 37.6 Å². The number of amides is 2. The van der Waals surface area contributed by atoms with E-state index in [0.717, 1.165) is 31.7 Å². The number of carbonyl (C=O) groups excluding carboxylic acids is 2. The lowest BCUT2D eigenvalue weighted by Gasteiger charge is -2.40. The third kappa shape index (κ3) is 6.14. The third-order valence-corrected chi connectivity index (χ3v) is 5.76. The highest BCUT2D eigenvalue weighted by atomic mass is 16.2. The molecule has 1 aliphatic rings. The van der Waals surface area contributed by atoms with Crippen LogP contribution in [-0.4, -0.2) is 59.4 Å². The van der Waals surface area contributed by atoms with Gasteiger partial charge in [-0.2, -0.15) is 0 Å². The fourth-order valence-electron chi connectivity index (χ4n) is 3.98. The number of para-hydroxylation sites is 1. The minimum absolute atomic E-state index is 0.0656. The Balaban J connectivity index is 1.34. The molecule has 2 aromatic heterocycles. The Bertz CT molecular complexity index is 1020. The van der Waals surface area contributed by atoms with E-state index in [1.807, 2.05) is 30.5 Å². The van der Waals surface area contributed by atoms with Crippen LogP contribution in [0.1, 0.15) is 17.3 Å². The minimum atomic E-state index is -0.667. The van der Waals surface area contributed by atoms with Gasteiger partial charge < -0.3 is 15.5 Å². The summed E-state index contributed by atoms with van der Waals surface area (Å²) in [5, 5.41) is 5.42. The summed E-state index contributed by atoms with van der Waals surface area (Å²) < 4.78 is 0. The van der Waals surface area contributed by atoms with Crippen molar-refractivity contribution in [1.29, 1.82) is 0 Å². The molecule has 4 rings (SSSR count). The molecule has 0 saturated carbocycles. The van der Waals surface area contributed by atoms with Crippen LogP contribution < -0.4 is 15.5 Å². The number of hydrogen-bond donors (Lipinski definition) is 2. The first-order chi connectivity index (χ1) is 16.2. The summed E-state index contributed by atoms with van der Waals surface area (Å²) in [6.45, 7) is 4.00. The molecule has 1 aliphatic heterocycles. The van der Waals surface area contributed by atoms with Gasteiger partial charge in [0.05, 0.1) is 18.3 Å². The second-order valence-corrected chi connectivity index (χ2v) is 7.87. The van der Waals surface area contributed by atoms with Crippen LogP contribution in [0.25, 0.3) is 0 Å². The first kappa shape index (κ1) is 22.4. The normalized spacial score (nSPS) is 15.0. The summed E-state index contributed by atoms with van der Waals surface area (Å²) in [5.41, 5.74) is 2.93. The van der Waals surface area contributed by atoms with Crippen LogP contribution >= 0.6 is 0 Å². The van der Waals surface area contributed by atoms with E-state index in [1.54, 1.807) is 24.5 Å². The molecule has 0 bridgehead atoms. The molecule has 1 aromatic carbocycles. The summed E-state index contributed by atoms with van der Waals surface area (Å²) >= 11 is 0. The molecule has 8 nitrogen and oxygen atoms in total. The topological polar surface area (TPSA) is 90.5 Å². The third-order valence-electron chi connectivity index (χ3n) is 5.76. The van der Waals surface area contributed by atoms with Gasteiger partial charge in [-0.15, -0.1) is 0 Å². The van der Waals surface area contributed by atoms with Gasteiger partial charge in [0.2, 0.25) is 0 Å². The Morgan fingerprint density at radius 3 is 2.30 bits per heavy atom. The summed E-state index contributed by atoms with van der Waals surface area (Å²) in [4.78, 5) is 37.8. The molecule has 1 atom stereocenters. The number of pyridine rings is 2. The highest BCUT2D eigenvalue weighted by Gasteiger charge is 2.26. The van der Waals surface area contributed by atoms with Gasteiger partial charge in [-0.1, -0.05) is 30.3 Å². The lowest BCUT2D eigenvalue weighted by Crippen LogP contribution is -2.50. The van der Waals surface area contributed by atoms with Crippen LogP contribution in [0, 0.1) is 0 Å². The molecule has 1 saturated heterocycles. The van der Waals surface area contributed by atoms with E-state index < -0.39 is 11.8 Å². The van der Waals surface area contributed by atoms with E-state index in [9.17, 15) is 9.59 Å². The number of anilines is 1. The predicted octanol–water partition coefficient (Wildman–Crippen LogP) is 1.77. The molecule has 3 aromatic rings. The van der Waals surface area contributed by atoms with Crippen LogP contribution in [0.2, 0.25) is 0 Å². The average Bonchev–Trinajstić information content (AvgIpc) is 2.89. The molecular formula is C25H28N6O2. The number of hydrogen-bond acceptors (Lipinski definition) is 6. The lowest BCUT2D eigenvalue weighted by atomic mass is 10.1. The molecule has 33 heavy (non-hydrogen) atoms. The first-order valence-corrected chi connectivity index (χ1v) is 11.1. The Morgan fingerprint density at radius 2 is 1.61 bits per heavy atom. The SMILES string of the molecule is O=C(NCc1ccccn1)C(=O)NC[C@H](c1cccnc1)N1CCN(c2ccccc2)CC1. The van der Waals surface area contributed by atoms with Gasteiger partial charge in [0.15, 0.2) is 0 Å². The number of benzene rings is 1. The smallest absolute Gasteiger partial charge is 0.309 e. The Morgan fingerprint density at radius 1 is 0.848 bits per heavy atom. The number of carbonyl (C=O) groups is 2. The zero-order valence-corrected chi connectivity index (χ0v) is 18.4. The second kappa shape index (κ2) is 11.2. The highest BCUT2D eigenvalue weighted by Crippen LogP contribution is 2.23. The lowest BCUT2D eigenvalue weighted by molar-refractivity contribution is -0.139. The molecule has 0 spiro atoms. The van der Waals surface area contributed by atoms with Crippen molar-refractivity contribution in [3.05, 3.63) is 90.5 Å². The van der Waals surface area contributed by atoms with Crippen LogP contribution in [0.5, 0.6) is 0 Å². The Hall–Kier alpha value is -3.78. The number of nitrogens with one attached hydrogen (secondary N) is 2. The van der Waals surface area contributed by atoms with Crippen molar-refractivity contribution in [2.45, 2.75) is 12.6 Å². The maximum atomic E-state index is 12.4. The molecule has 3 heterocycles. The summed E-state index contributed by atoms with van der Waals surface area (Å²) in [7, 11) is 0. The van der Waals surface area contributed by atoms with Crippen LogP contribution in [0.4, 0.5) is 5.69 Å². The second-order valence-electron chi connectivity index (χ2n) is 7.87. The molecule has 0 radical (unpaired) electrons. The number of nitrogens with zero attached hydrogens (tertiary/aromatic N) is 4. The number of rotatable bonds is 7. The van der Waals surface area contributed by atoms with Gasteiger partial charge in [0, 0.05) is 57.0 Å². The predicted molar refractivity (Wildman–Crippen MR) is 126 cm³/mol. The van der Waals surface area contributed by atoms with Gasteiger partial charge >= 0.3 is 11.8 Å². The Kier molecular flexibility index (Phi) is 7.60. The van der Waals surface area contributed by atoms with Crippen molar-refractivity contribution in [1.82, 2.24) is 25.5 Å². The minimum Gasteiger partial charge on any atom is -0.369 e. The van der Waals surface area contributed by atoms with Gasteiger partial charge in [-0.05, 0) is 35.9 Å². The highest BCUT2D eigenvalue weighted by molar-refractivity contribution is 6.35. The molecule has 2 amide bonds. The molecule has 8 heteroatoms. The van der Waals surface area contributed by atoms with E-state index in [0.29, 0.717) is 12.2 Å². The van der Waals surface area contributed by atoms with Gasteiger partial charge in [-0.25, -0.2) is 0 Å². The van der Waals surface area contributed by atoms with Gasteiger partial charge in [0.1, 0.15) is 0 Å². The van der Waals surface area contributed by atoms with Gasteiger partial charge in [-0.3, -0.25) is 24.5 Å². The molecule has 1 fully saturated rings. The summed E-state index contributed by atoms with van der Waals surface area (Å²) in [5.74, 6) is -1.32. The van der Waals surface area contributed by atoms with Crippen molar-refractivity contribution in [3.8, 4) is 0 Å². The number of aromatic nitrogens is 2. The van der Waals surface area contributed by atoms with Crippen LogP contribution in [-0.2, 0) is 16.1 Å². The van der Waals surface area contributed by atoms with E-state index >= 15 is 0 Å². The number of piperazine rings is 1. The van der Waals surface area contributed by atoms with Crippen LogP contribution in [0.15, 0.2) is 79.3 Å². The van der Waals surface area contributed by atoms with Crippen molar-refractivity contribution < 1.29 is 9.59 Å². The molecule has 0 unspecified atom stereocenters. The van der Waals surface area contributed by atoms with Crippen molar-refractivity contribution in [2.24, 2.45) is 0 Å². The van der Waals surface area contributed by atoms with Crippen LogP contribution in [0.3, 0.4) is 0 Å². The van der Waals surface area contributed by atoms with Crippen molar-refractivity contribution in [3.63, 3.8) is 0 Å². The fraction of sp³-hybridized carbons (Fsp3) is 0.280. The van der Waals surface area contributed by atoms with E-state index in [2.05, 4.69) is 54.7 Å². The summed E-state index contributed by atoms with van der Waals surface area (Å²) in [6.07, 6.45) is 5.21. The van der Waals surface area contributed by atoms with E-state index in [-0.39, 0.29) is 12.6 Å². The zero-order chi connectivity index (χ0) is 22.9. The maximum absolute atomic E-state index is 12.4. The molecule has 170 valence electrons. The summed E-state index contributed by atoms with van der Waals surface area (Å²) in [6, 6.07) is 19.6. The molecule has 0 aliphatic carbocycles. The average molecular weight is 445 g/mol. The van der Waals surface area contributed by atoms with E-state index in [4.69, 9.17) is 0 Å². The quantitative estimate of drug-likeness (QED) is 0.540. The van der Waals surface area contributed by atoms with Crippen molar-refractivity contribution >= 4 is 17.5 Å². The first-order valence-electron chi connectivity index (χ1n) is 11.1. The van der Waals surface area contributed by atoms with Gasteiger partial charge in [0.25, 0.3) is 0 Å². The Labute approximate surface area is 193 Å². The zero-order valence-electron chi connectivity index (χ0n) is 18.4. The maximum Gasteiger partial charge on any atom is 0.309 e. The molecular weight excluding hydrogens is 416 g/mol. The van der Waals surface area contributed by atoms with E-state index in [1.165, 1.54) is 5.69 Å². The largest absolute Gasteiger partial charge is 0.369 e. The standard InChI is InChI=1S/C25H28N6O2/c32-24(28-18-21-8-4-5-12-27-21)25(33)29-19-23(20-7-6-11-26-17-20)31-15-13-30(14-16-31)22-9-2-1-3-10-22/h1-12,17,23H,13-16,18-19H2,(H,28,32)(H,29,33)/t23-/m1/s1. The fourth-order valence-corrected chi connectivity index (χ4v) is 3.98. The monoisotopic (exact) mass is 444 g/mol.